The lowest BCUT2D eigenvalue weighted by molar-refractivity contribution is -0.142. The maximum atomic E-state index is 13.9. The maximum Gasteiger partial charge on any atom is 0.326 e. The second-order valence-corrected chi connectivity index (χ2v) is 15.3. The SMILES string of the molecule is CC[C@H](C)[C@H](NC(=O)[C@@H](NC(=O)[C@@H](CC(=O)O)NC(=O)[C@H](N)CCCNC(=O)[C@H](Cc1ccccc1)NC(C)=O)[C@@H](C)CC)C(=O)N[C@@H](Cc1c[nH]c2ccccc12)C(=O)O. The number of aromatic nitrogens is 1. The lowest BCUT2D eigenvalue weighted by atomic mass is 9.94. The fourth-order valence-electron chi connectivity index (χ4n) is 6.64. The van der Waals surface area contributed by atoms with Gasteiger partial charge >= 0.3 is 11.9 Å². The van der Waals surface area contributed by atoms with E-state index >= 15 is 0 Å². The van der Waals surface area contributed by atoms with Gasteiger partial charge in [0, 0.05) is 43.4 Å². The number of amides is 6. The summed E-state index contributed by atoms with van der Waals surface area (Å²) in [5.41, 5.74) is 8.42. The Labute approximate surface area is 354 Å². The number of hydrogen-bond acceptors (Lipinski definition) is 9. The molecule has 6 amide bonds. The number of fused-ring (bicyclic) bond motifs is 1. The minimum absolute atomic E-state index is 0.0374. The highest BCUT2D eigenvalue weighted by molar-refractivity contribution is 5.97. The average molecular weight is 849 g/mol. The lowest BCUT2D eigenvalue weighted by Crippen LogP contribution is -2.61. The van der Waals surface area contributed by atoms with Gasteiger partial charge in [-0.1, -0.05) is 89.1 Å². The lowest BCUT2D eigenvalue weighted by Gasteiger charge is -2.30. The van der Waals surface area contributed by atoms with E-state index in [0.717, 1.165) is 16.5 Å². The Bertz CT molecular complexity index is 1990. The largest absolute Gasteiger partial charge is 0.481 e. The Morgan fingerprint density at radius 3 is 1.84 bits per heavy atom. The topological polar surface area (TPSA) is 291 Å². The van der Waals surface area contributed by atoms with Gasteiger partial charge in [0.15, 0.2) is 0 Å². The Hall–Kier alpha value is -6.30. The van der Waals surface area contributed by atoms with Crippen LogP contribution in [-0.4, -0.2) is 105 Å². The van der Waals surface area contributed by atoms with Gasteiger partial charge in [-0.25, -0.2) is 4.79 Å². The van der Waals surface area contributed by atoms with Crippen molar-refractivity contribution in [3.05, 3.63) is 71.9 Å². The monoisotopic (exact) mass is 848 g/mol. The van der Waals surface area contributed by atoms with E-state index in [1.54, 1.807) is 33.9 Å². The van der Waals surface area contributed by atoms with Crippen LogP contribution in [-0.2, 0) is 51.2 Å². The third-order valence-corrected chi connectivity index (χ3v) is 10.6. The molecule has 3 aromatic rings. The molecule has 0 unspecified atom stereocenters. The minimum Gasteiger partial charge on any atom is -0.481 e. The molecule has 0 radical (unpaired) electrons. The number of benzene rings is 2. The third kappa shape index (κ3) is 15.3. The van der Waals surface area contributed by atoms with Gasteiger partial charge in [-0.15, -0.1) is 0 Å². The molecule has 0 saturated heterocycles. The van der Waals surface area contributed by atoms with Gasteiger partial charge < -0.3 is 52.8 Å². The van der Waals surface area contributed by atoms with E-state index in [4.69, 9.17) is 5.73 Å². The van der Waals surface area contributed by atoms with Crippen molar-refractivity contribution in [1.82, 2.24) is 36.9 Å². The first-order chi connectivity index (χ1) is 28.9. The maximum absolute atomic E-state index is 13.9. The van der Waals surface area contributed by atoms with Gasteiger partial charge in [0.2, 0.25) is 35.4 Å². The molecule has 1 aromatic heterocycles. The van der Waals surface area contributed by atoms with Crippen LogP contribution in [0.15, 0.2) is 60.8 Å². The molecule has 332 valence electrons. The number of nitrogens with two attached hydrogens (primary N) is 1. The standard InChI is InChI=1S/C43H60N8O10/c1-6-24(3)36(41(58)49-34(43(60)61)21-28-23-46-31-18-12-11-16-29(28)31)51-42(59)37(25(4)7-2)50-40(57)33(22-35(53)54)48-38(55)30(44)17-13-19-45-39(56)32(47-26(5)52)20-27-14-9-8-10-15-27/h8-12,14-16,18,23-25,30,32-34,36-37,46H,6-7,13,17,19-22,44H2,1-5H3,(H,45,56)(H,47,52)(H,48,55)(H,49,58)(H,50,57)(H,51,59)(H,53,54)(H,60,61)/t24-,25-,30+,32-,33+,34-,36-,37-/m0/s1. The Balaban J connectivity index is 1.65. The number of carbonyl (C=O) groups is 8. The van der Waals surface area contributed by atoms with Crippen LogP contribution in [0.4, 0.5) is 0 Å². The smallest absolute Gasteiger partial charge is 0.326 e. The molecular formula is C43H60N8O10. The van der Waals surface area contributed by atoms with Crippen molar-refractivity contribution in [2.45, 2.75) is 116 Å². The summed E-state index contributed by atoms with van der Waals surface area (Å²) in [6.45, 7) is 8.35. The molecular weight excluding hydrogens is 789 g/mol. The second-order valence-electron chi connectivity index (χ2n) is 15.3. The Morgan fingerprint density at radius 2 is 1.25 bits per heavy atom. The van der Waals surface area contributed by atoms with E-state index in [2.05, 4.69) is 36.9 Å². The molecule has 18 heteroatoms. The Morgan fingerprint density at radius 1 is 0.672 bits per heavy atom. The van der Waals surface area contributed by atoms with Crippen molar-refractivity contribution in [1.29, 1.82) is 0 Å². The van der Waals surface area contributed by atoms with Crippen LogP contribution in [0.5, 0.6) is 0 Å². The number of para-hydroxylation sites is 1. The summed E-state index contributed by atoms with van der Waals surface area (Å²) in [4.78, 5) is 106. The molecule has 0 aliphatic heterocycles. The fourth-order valence-corrected chi connectivity index (χ4v) is 6.64. The highest BCUT2D eigenvalue weighted by Gasteiger charge is 2.36. The molecule has 8 atom stereocenters. The normalized spacial score (nSPS) is 15.0. The molecule has 11 N–H and O–H groups in total. The van der Waals surface area contributed by atoms with Crippen molar-refractivity contribution in [3.63, 3.8) is 0 Å². The van der Waals surface area contributed by atoms with E-state index in [-0.39, 0.29) is 38.1 Å². The quantitative estimate of drug-likeness (QED) is 0.0542. The molecule has 0 aliphatic rings. The average Bonchev–Trinajstić information content (AvgIpc) is 3.64. The van der Waals surface area contributed by atoms with Crippen LogP contribution in [0.1, 0.15) is 77.8 Å². The van der Waals surface area contributed by atoms with E-state index in [9.17, 15) is 48.6 Å². The van der Waals surface area contributed by atoms with Gasteiger partial charge in [0.1, 0.15) is 30.2 Å². The first-order valence-electron chi connectivity index (χ1n) is 20.5. The summed E-state index contributed by atoms with van der Waals surface area (Å²) < 4.78 is 0. The summed E-state index contributed by atoms with van der Waals surface area (Å²) in [5.74, 6) is -7.84. The first-order valence-corrected chi connectivity index (χ1v) is 20.5. The zero-order valence-corrected chi connectivity index (χ0v) is 35.3. The summed E-state index contributed by atoms with van der Waals surface area (Å²) in [5, 5.41) is 36.0. The summed E-state index contributed by atoms with van der Waals surface area (Å²) in [7, 11) is 0. The van der Waals surface area contributed by atoms with Crippen molar-refractivity contribution in [2.75, 3.05) is 6.54 Å². The molecule has 3 rings (SSSR count). The van der Waals surface area contributed by atoms with Crippen LogP contribution < -0.4 is 37.6 Å². The predicted molar refractivity (Wildman–Crippen MR) is 226 cm³/mol. The summed E-state index contributed by atoms with van der Waals surface area (Å²) in [6, 6.07) is 8.95. The van der Waals surface area contributed by atoms with Crippen LogP contribution in [0, 0.1) is 11.8 Å². The summed E-state index contributed by atoms with van der Waals surface area (Å²) >= 11 is 0. The van der Waals surface area contributed by atoms with Crippen LogP contribution in [0.3, 0.4) is 0 Å². The predicted octanol–water partition coefficient (Wildman–Crippen LogP) is 1.27. The number of hydrogen-bond donors (Lipinski definition) is 10. The molecule has 18 nitrogen and oxygen atoms in total. The minimum atomic E-state index is -1.64. The molecule has 2 aromatic carbocycles. The van der Waals surface area contributed by atoms with Gasteiger partial charge in [0.05, 0.1) is 12.5 Å². The number of carbonyl (C=O) groups excluding carboxylic acids is 6. The fraction of sp³-hybridized carbons (Fsp3) is 0.488. The number of aliphatic carboxylic acids is 2. The van der Waals surface area contributed by atoms with Crippen molar-refractivity contribution in [3.8, 4) is 0 Å². The number of rotatable bonds is 25. The van der Waals surface area contributed by atoms with Crippen molar-refractivity contribution in [2.24, 2.45) is 17.6 Å². The van der Waals surface area contributed by atoms with Crippen molar-refractivity contribution < 1.29 is 48.6 Å². The number of aromatic amines is 1. The molecule has 0 spiro atoms. The molecule has 1 heterocycles. The summed E-state index contributed by atoms with van der Waals surface area (Å²) in [6.07, 6.45) is 2.12. The van der Waals surface area contributed by atoms with Gasteiger partial charge in [0.25, 0.3) is 0 Å². The second kappa shape index (κ2) is 24.1. The number of carboxylic acid groups (broad SMARTS) is 2. The van der Waals surface area contributed by atoms with E-state index in [1.165, 1.54) is 6.92 Å². The third-order valence-electron chi connectivity index (χ3n) is 10.6. The first kappa shape index (κ1) is 49.1. The number of carboxylic acids is 2. The highest BCUT2D eigenvalue weighted by Crippen LogP contribution is 2.20. The number of H-pyrrole nitrogens is 1. The van der Waals surface area contributed by atoms with Crippen LogP contribution in [0.25, 0.3) is 10.9 Å². The molecule has 0 saturated carbocycles. The molecule has 61 heavy (non-hydrogen) atoms. The van der Waals surface area contributed by atoms with Gasteiger partial charge in [-0.05, 0) is 41.9 Å². The zero-order chi connectivity index (χ0) is 45.2. The number of nitrogens with one attached hydrogen (secondary N) is 7. The van der Waals surface area contributed by atoms with E-state index < -0.39 is 96.0 Å². The van der Waals surface area contributed by atoms with Crippen LogP contribution >= 0.6 is 0 Å². The molecule has 0 fully saturated rings. The molecule has 0 aliphatic carbocycles. The van der Waals surface area contributed by atoms with Crippen molar-refractivity contribution >= 4 is 58.3 Å². The van der Waals surface area contributed by atoms with Gasteiger partial charge in [-0.3, -0.25) is 33.6 Å². The van der Waals surface area contributed by atoms with Gasteiger partial charge in [-0.2, -0.15) is 0 Å². The Kier molecular flexibility index (Phi) is 19.4. The van der Waals surface area contributed by atoms with Crippen LogP contribution in [0.2, 0.25) is 0 Å². The highest BCUT2D eigenvalue weighted by atomic mass is 16.4. The van der Waals surface area contributed by atoms with E-state index in [0.29, 0.717) is 18.4 Å². The molecule has 0 bridgehead atoms. The van der Waals surface area contributed by atoms with E-state index in [1.807, 2.05) is 54.6 Å². The zero-order valence-electron chi connectivity index (χ0n) is 35.3.